The van der Waals surface area contributed by atoms with E-state index in [0.717, 1.165) is 24.8 Å². The van der Waals surface area contributed by atoms with Gasteiger partial charge in [-0.05, 0) is 30.5 Å². The summed E-state index contributed by atoms with van der Waals surface area (Å²) in [5.41, 5.74) is 1.65. The van der Waals surface area contributed by atoms with Gasteiger partial charge in [0.15, 0.2) is 0 Å². The lowest BCUT2D eigenvalue weighted by Gasteiger charge is -2.14. The van der Waals surface area contributed by atoms with E-state index >= 15 is 0 Å². The van der Waals surface area contributed by atoms with E-state index in [2.05, 4.69) is 5.32 Å². The minimum atomic E-state index is -0.980. The third kappa shape index (κ3) is 4.73. The summed E-state index contributed by atoms with van der Waals surface area (Å²) < 4.78 is 0. The number of carboxylic acid groups (broad SMARTS) is 1. The van der Waals surface area contributed by atoms with Crippen molar-refractivity contribution in [3.8, 4) is 0 Å². The van der Waals surface area contributed by atoms with Gasteiger partial charge in [0.05, 0.1) is 0 Å². The van der Waals surface area contributed by atoms with Crippen LogP contribution in [0.1, 0.15) is 49.0 Å². The average Bonchev–Trinajstić information content (AvgIpc) is 2.43. The Balaban J connectivity index is 2.67. The molecule has 4 nitrogen and oxygen atoms in total. The zero-order chi connectivity index (χ0) is 14.3. The van der Waals surface area contributed by atoms with Crippen LogP contribution in [0.4, 0.5) is 0 Å². The van der Waals surface area contributed by atoms with Crippen LogP contribution in [0.2, 0.25) is 0 Å². The van der Waals surface area contributed by atoms with Crippen LogP contribution in [0.5, 0.6) is 0 Å². The lowest BCUT2D eigenvalue weighted by Crippen LogP contribution is -2.40. The highest BCUT2D eigenvalue weighted by Crippen LogP contribution is 2.07. The molecule has 0 saturated heterocycles. The number of aryl methyl sites for hydroxylation is 1. The minimum absolute atomic E-state index is 0.328. The fourth-order valence-electron chi connectivity index (χ4n) is 1.80. The van der Waals surface area contributed by atoms with Crippen molar-refractivity contribution in [3.63, 3.8) is 0 Å². The molecule has 1 rings (SSSR count). The summed E-state index contributed by atoms with van der Waals surface area (Å²) in [4.78, 5) is 23.0. The monoisotopic (exact) mass is 263 g/mol. The molecule has 1 aromatic carbocycles. The first kappa shape index (κ1) is 15.2. The van der Waals surface area contributed by atoms with E-state index in [1.165, 1.54) is 0 Å². The van der Waals surface area contributed by atoms with Gasteiger partial charge in [-0.3, -0.25) is 4.79 Å². The Labute approximate surface area is 113 Å². The van der Waals surface area contributed by atoms with Gasteiger partial charge in [-0.25, -0.2) is 4.79 Å². The van der Waals surface area contributed by atoms with Crippen molar-refractivity contribution in [2.45, 2.75) is 45.6 Å². The summed E-state index contributed by atoms with van der Waals surface area (Å²) in [5, 5.41) is 11.6. The number of hydrogen-bond acceptors (Lipinski definition) is 2. The minimum Gasteiger partial charge on any atom is -0.480 e. The molecule has 1 atom stereocenters. The highest BCUT2D eigenvalue weighted by molar-refractivity contribution is 5.96. The zero-order valence-corrected chi connectivity index (χ0v) is 11.5. The molecule has 1 amide bonds. The molecule has 2 N–H and O–H groups in total. The molecule has 0 aliphatic rings. The molecule has 1 unspecified atom stereocenters. The van der Waals surface area contributed by atoms with E-state index in [0.29, 0.717) is 12.0 Å². The molecule has 0 heterocycles. The molecule has 0 aromatic heterocycles. The number of nitrogens with one attached hydrogen (secondary N) is 1. The molecule has 4 heteroatoms. The average molecular weight is 263 g/mol. The van der Waals surface area contributed by atoms with Gasteiger partial charge < -0.3 is 10.4 Å². The maximum absolute atomic E-state index is 11.9. The van der Waals surface area contributed by atoms with Crippen LogP contribution in [-0.2, 0) is 11.2 Å². The topological polar surface area (TPSA) is 66.4 Å². The number of carbonyl (C=O) groups is 2. The number of carboxylic acids is 1. The number of rotatable bonds is 7. The largest absolute Gasteiger partial charge is 0.480 e. The van der Waals surface area contributed by atoms with E-state index in [9.17, 15) is 9.59 Å². The quantitative estimate of drug-likeness (QED) is 0.794. The number of aliphatic carboxylic acids is 1. The number of carbonyl (C=O) groups excluding carboxylic acids is 1. The van der Waals surface area contributed by atoms with Gasteiger partial charge in [0.1, 0.15) is 6.04 Å². The highest BCUT2D eigenvalue weighted by Gasteiger charge is 2.19. The summed E-state index contributed by atoms with van der Waals surface area (Å²) in [5.74, 6) is -1.31. The molecule has 0 saturated carbocycles. The normalized spacial score (nSPS) is 11.9. The van der Waals surface area contributed by atoms with Crippen molar-refractivity contribution >= 4 is 11.9 Å². The summed E-state index contributed by atoms with van der Waals surface area (Å²) in [6, 6.07) is 6.42. The maximum atomic E-state index is 11.9. The Bertz CT molecular complexity index is 426. The summed E-state index contributed by atoms with van der Waals surface area (Å²) in [6.07, 6.45) is 3.07. The third-order valence-electron chi connectivity index (χ3n) is 3.07. The maximum Gasteiger partial charge on any atom is 0.326 e. The fourth-order valence-corrected chi connectivity index (χ4v) is 1.80. The first-order valence-corrected chi connectivity index (χ1v) is 6.71. The standard InChI is InChI=1S/C15H21NO3/c1-3-5-6-13(15(18)19)16-14(17)12-9-7-11(4-2)8-10-12/h7-10,13H,3-6H2,1-2H3,(H,16,17)(H,18,19). The SMILES string of the molecule is CCCCC(NC(=O)c1ccc(CC)cc1)C(=O)O. The van der Waals surface area contributed by atoms with Crippen LogP contribution in [0.25, 0.3) is 0 Å². The summed E-state index contributed by atoms with van der Waals surface area (Å²) in [6.45, 7) is 4.03. The molecule has 0 aliphatic heterocycles. The van der Waals surface area contributed by atoms with Crippen molar-refractivity contribution in [3.05, 3.63) is 35.4 Å². The molecule has 0 bridgehead atoms. The van der Waals surface area contributed by atoms with Gasteiger partial charge in [-0.1, -0.05) is 38.8 Å². The van der Waals surface area contributed by atoms with Crippen LogP contribution in [-0.4, -0.2) is 23.0 Å². The van der Waals surface area contributed by atoms with Crippen LogP contribution < -0.4 is 5.32 Å². The van der Waals surface area contributed by atoms with Gasteiger partial charge >= 0.3 is 5.97 Å². The van der Waals surface area contributed by atoms with Crippen molar-refractivity contribution < 1.29 is 14.7 Å². The second kappa shape index (κ2) is 7.56. The smallest absolute Gasteiger partial charge is 0.326 e. The van der Waals surface area contributed by atoms with Crippen molar-refractivity contribution in [1.82, 2.24) is 5.32 Å². The molecule has 0 spiro atoms. The number of unbranched alkanes of at least 4 members (excludes halogenated alkanes) is 1. The molecule has 19 heavy (non-hydrogen) atoms. The molecule has 0 fully saturated rings. The Morgan fingerprint density at radius 2 is 1.84 bits per heavy atom. The van der Waals surface area contributed by atoms with Crippen molar-refractivity contribution in [2.24, 2.45) is 0 Å². The van der Waals surface area contributed by atoms with Gasteiger partial charge in [0.25, 0.3) is 5.91 Å². The number of benzene rings is 1. The zero-order valence-electron chi connectivity index (χ0n) is 11.5. The van der Waals surface area contributed by atoms with Crippen molar-refractivity contribution in [2.75, 3.05) is 0 Å². The van der Waals surface area contributed by atoms with E-state index in [-0.39, 0.29) is 5.91 Å². The second-order valence-corrected chi connectivity index (χ2v) is 4.56. The third-order valence-corrected chi connectivity index (χ3v) is 3.07. The summed E-state index contributed by atoms with van der Waals surface area (Å²) >= 11 is 0. The van der Waals surface area contributed by atoms with Gasteiger partial charge in [-0.15, -0.1) is 0 Å². The Morgan fingerprint density at radius 3 is 2.32 bits per heavy atom. The molecular formula is C15H21NO3. The van der Waals surface area contributed by atoms with Crippen LogP contribution in [0.3, 0.4) is 0 Å². The molecule has 0 radical (unpaired) electrons. The van der Waals surface area contributed by atoms with E-state index in [1.54, 1.807) is 12.1 Å². The number of hydrogen-bond donors (Lipinski definition) is 2. The van der Waals surface area contributed by atoms with Crippen LogP contribution in [0.15, 0.2) is 24.3 Å². The van der Waals surface area contributed by atoms with Crippen LogP contribution in [0, 0.1) is 0 Å². The first-order valence-electron chi connectivity index (χ1n) is 6.71. The van der Waals surface area contributed by atoms with E-state index in [4.69, 9.17) is 5.11 Å². The summed E-state index contributed by atoms with van der Waals surface area (Å²) in [7, 11) is 0. The van der Waals surface area contributed by atoms with Crippen molar-refractivity contribution in [1.29, 1.82) is 0 Å². The first-order chi connectivity index (χ1) is 9.08. The lowest BCUT2D eigenvalue weighted by atomic mass is 10.1. The van der Waals surface area contributed by atoms with Crippen LogP contribution >= 0.6 is 0 Å². The fraction of sp³-hybridized carbons (Fsp3) is 0.467. The van der Waals surface area contributed by atoms with E-state index < -0.39 is 12.0 Å². The lowest BCUT2D eigenvalue weighted by molar-refractivity contribution is -0.139. The number of amides is 1. The van der Waals surface area contributed by atoms with Gasteiger partial charge in [-0.2, -0.15) is 0 Å². The van der Waals surface area contributed by atoms with Gasteiger partial charge in [0, 0.05) is 5.56 Å². The predicted molar refractivity (Wildman–Crippen MR) is 74.2 cm³/mol. The second-order valence-electron chi connectivity index (χ2n) is 4.56. The highest BCUT2D eigenvalue weighted by atomic mass is 16.4. The molecule has 1 aromatic rings. The van der Waals surface area contributed by atoms with Gasteiger partial charge in [0.2, 0.25) is 0 Å². The predicted octanol–water partition coefficient (Wildman–Crippen LogP) is 2.62. The molecular weight excluding hydrogens is 242 g/mol. The molecule has 0 aliphatic carbocycles. The molecule has 104 valence electrons. The Hall–Kier alpha value is -1.84. The van der Waals surface area contributed by atoms with E-state index in [1.807, 2.05) is 26.0 Å². The Morgan fingerprint density at radius 1 is 1.21 bits per heavy atom. The Kier molecular flexibility index (Phi) is 6.06.